The van der Waals surface area contributed by atoms with Gasteiger partial charge in [0.15, 0.2) is 5.82 Å². The van der Waals surface area contributed by atoms with E-state index in [9.17, 15) is 9.59 Å². The average molecular weight is 318 g/mol. The van der Waals surface area contributed by atoms with E-state index in [1.165, 1.54) is 0 Å². The standard InChI is InChI=1S/C16H22N4O3/c1-9-17-15(23-19-9)12-6-7-20(16(22)11-4-5-11)8-13(12)18-14(21)10-2-3-10/h10-13H,2-8H2,1H3,(H,18,21)/t12-,13+/m0/s1. The monoisotopic (exact) mass is 318 g/mol. The SMILES string of the molecule is Cc1noc([C@H]2CCN(C(=O)C3CC3)C[C@H]2NC(=O)C2CC2)n1. The molecule has 0 aromatic carbocycles. The van der Waals surface area contributed by atoms with Gasteiger partial charge in [-0.05, 0) is 39.0 Å². The Labute approximate surface area is 134 Å². The van der Waals surface area contributed by atoms with Crippen molar-refractivity contribution >= 4 is 11.8 Å². The maximum Gasteiger partial charge on any atom is 0.231 e. The first-order valence-corrected chi connectivity index (χ1v) is 8.51. The summed E-state index contributed by atoms with van der Waals surface area (Å²) in [6.07, 6.45) is 4.68. The third kappa shape index (κ3) is 3.09. The molecule has 2 atom stereocenters. The van der Waals surface area contributed by atoms with E-state index in [2.05, 4.69) is 15.5 Å². The first kappa shape index (κ1) is 14.7. The highest BCUT2D eigenvalue weighted by Gasteiger charge is 2.41. The zero-order valence-corrected chi connectivity index (χ0v) is 13.3. The summed E-state index contributed by atoms with van der Waals surface area (Å²) >= 11 is 0. The van der Waals surface area contributed by atoms with E-state index in [-0.39, 0.29) is 35.6 Å². The fourth-order valence-corrected chi connectivity index (χ4v) is 3.29. The minimum Gasteiger partial charge on any atom is -0.351 e. The van der Waals surface area contributed by atoms with Gasteiger partial charge in [-0.25, -0.2) is 0 Å². The molecule has 0 bridgehead atoms. The Bertz CT molecular complexity index is 621. The molecule has 4 rings (SSSR count). The average Bonchev–Trinajstić information content (AvgIpc) is 3.45. The largest absolute Gasteiger partial charge is 0.351 e. The third-order valence-corrected chi connectivity index (χ3v) is 4.99. The van der Waals surface area contributed by atoms with Gasteiger partial charge >= 0.3 is 0 Å². The maximum atomic E-state index is 12.3. The van der Waals surface area contributed by atoms with Gasteiger partial charge in [-0.3, -0.25) is 9.59 Å². The van der Waals surface area contributed by atoms with Crippen LogP contribution in [-0.2, 0) is 9.59 Å². The molecule has 2 aliphatic carbocycles. The first-order valence-electron chi connectivity index (χ1n) is 8.51. The Morgan fingerprint density at radius 1 is 1.17 bits per heavy atom. The van der Waals surface area contributed by atoms with Crippen LogP contribution in [-0.4, -0.2) is 46.0 Å². The Morgan fingerprint density at radius 3 is 2.52 bits per heavy atom. The number of aromatic nitrogens is 2. The summed E-state index contributed by atoms with van der Waals surface area (Å²) in [5.41, 5.74) is 0. The molecule has 2 saturated carbocycles. The second-order valence-corrected chi connectivity index (χ2v) is 7.02. The molecular weight excluding hydrogens is 296 g/mol. The van der Waals surface area contributed by atoms with Crippen molar-refractivity contribution < 1.29 is 14.1 Å². The molecule has 0 spiro atoms. The van der Waals surface area contributed by atoms with Gasteiger partial charge in [-0.2, -0.15) is 4.98 Å². The molecular formula is C16H22N4O3. The lowest BCUT2D eigenvalue weighted by Crippen LogP contribution is -2.53. The van der Waals surface area contributed by atoms with Crippen LogP contribution < -0.4 is 5.32 Å². The molecule has 1 aromatic rings. The molecule has 1 N–H and O–H groups in total. The Morgan fingerprint density at radius 2 is 1.91 bits per heavy atom. The molecule has 7 nitrogen and oxygen atoms in total. The van der Waals surface area contributed by atoms with Gasteiger partial charge in [0.05, 0.1) is 12.0 Å². The first-order chi connectivity index (χ1) is 11.1. The lowest BCUT2D eigenvalue weighted by molar-refractivity contribution is -0.135. The normalized spacial score (nSPS) is 27.8. The van der Waals surface area contributed by atoms with Gasteiger partial charge in [0.25, 0.3) is 0 Å². The van der Waals surface area contributed by atoms with Crippen LogP contribution in [0.4, 0.5) is 0 Å². The molecule has 1 saturated heterocycles. The summed E-state index contributed by atoms with van der Waals surface area (Å²) in [5, 5.41) is 6.99. The van der Waals surface area contributed by atoms with E-state index in [1.807, 2.05) is 4.90 Å². The third-order valence-electron chi connectivity index (χ3n) is 4.99. The minimum absolute atomic E-state index is 0.0119. The smallest absolute Gasteiger partial charge is 0.231 e. The van der Waals surface area contributed by atoms with Gasteiger partial charge in [-0.15, -0.1) is 0 Å². The van der Waals surface area contributed by atoms with Crippen molar-refractivity contribution in [3.63, 3.8) is 0 Å². The fourth-order valence-electron chi connectivity index (χ4n) is 3.29. The zero-order chi connectivity index (χ0) is 16.0. The molecule has 3 aliphatic rings. The van der Waals surface area contributed by atoms with Gasteiger partial charge < -0.3 is 14.7 Å². The number of aryl methyl sites for hydroxylation is 1. The Balaban J connectivity index is 1.50. The van der Waals surface area contributed by atoms with Crippen LogP contribution in [0, 0.1) is 18.8 Å². The van der Waals surface area contributed by atoms with E-state index < -0.39 is 0 Å². The number of rotatable bonds is 4. The summed E-state index contributed by atoms with van der Waals surface area (Å²) in [7, 11) is 0. The molecule has 2 amide bonds. The number of amides is 2. The van der Waals surface area contributed by atoms with Crippen LogP contribution in [0.15, 0.2) is 4.52 Å². The van der Waals surface area contributed by atoms with Crippen molar-refractivity contribution in [1.82, 2.24) is 20.4 Å². The highest BCUT2D eigenvalue weighted by Crippen LogP contribution is 2.35. The van der Waals surface area contributed by atoms with Crippen molar-refractivity contribution in [2.45, 2.75) is 51.0 Å². The molecule has 0 unspecified atom stereocenters. The molecule has 3 fully saturated rings. The maximum absolute atomic E-state index is 12.3. The molecule has 1 aromatic heterocycles. The van der Waals surface area contributed by atoms with Crippen molar-refractivity contribution in [2.75, 3.05) is 13.1 Å². The summed E-state index contributed by atoms with van der Waals surface area (Å²) in [6, 6.07) is -0.139. The van der Waals surface area contributed by atoms with E-state index in [0.717, 1.165) is 32.1 Å². The van der Waals surface area contributed by atoms with E-state index in [4.69, 9.17) is 4.52 Å². The lowest BCUT2D eigenvalue weighted by Gasteiger charge is -2.37. The van der Waals surface area contributed by atoms with Gasteiger partial charge in [0.1, 0.15) is 0 Å². The molecule has 7 heteroatoms. The summed E-state index contributed by atoms with van der Waals surface area (Å²) < 4.78 is 5.33. The number of nitrogens with zero attached hydrogens (tertiary/aromatic N) is 3. The number of likely N-dealkylation sites (tertiary alicyclic amines) is 1. The van der Waals surface area contributed by atoms with Crippen molar-refractivity contribution in [3.8, 4) is 0 Å². The number of carbonyl (C=O) groups excluding carboxylic acids is 2. The van der Waals surface area contributed by atoms with Gasteiger partial charge in [-0.1, -0.05) is 5.16 Å². The van der Waals surface area contributed by atoms with Crippen LogP contribution in [0.25, 0.3) is 0 Å². The predicted molar refractivity (Wildman–Crippen MR) is 80.4 cm³/mol. The summed E-state index contributed by atoms with van der Waals surface area (Å²) in [4.78, 5) is 30.8. The number of hydrogen-bond acceptors (Lipinski definition) is 5. The van der Waals surface area contributed by atoms with E-state index in [0.29, 0.717) is 24.8 Å². The van der Waals surface area contributed by atoms with E-state index in [1.54, 1.807) is 6.92 Å². The summed E-state index contributed by atoms with van der Waals surface area (Å²) in [6.45, 7) is 3.02. The highest BCUT2D eigenvalue weighted by molar-refractivity contribution is 5.82. The van der Waals surface area contributed by atoms with Crippen molar-refractivity contribution in [3.05, 3.63) is 11.7 Å². The number of piperidine rings is 1. The minimum atomic E-state index is -0.139. The molecule has 23 heavy (non-hydrogen) atoms. The summed E-state index contributed by atoms with van der Waals surface area (Å²) in [5.74, 6) is 1.84. The molecule has 0 radical (unpaired) electrons. The predicted octanol–water partition coefficient (Wildman–Crippen LogP) is 0.999. The number of nitrogens with one attached hydrogen (secondary N) is 1. The van der Waals surface area contributed by atoms with Crippen LogP contribution in [0.2, 0.25) is 0 Å². The lowest BCUT2D eigenvalue weighted by atomic mass is 9.90. The van der Waals surface area contributed by atoms with Crippen LogP contribution in [0.5, 0.6) is 0 Å². The number of carbonyl (C=O) groups is 2. The second kappa shape index (κ2) is 5.62. The Kier molecular flexibility index (Phi) is 3.58. The van der Waals surface area contributed by atoms with Crippen molar-refractivity contribution in [1.29, 1.82) is 0 Å². The zero-order valence-electron chi connectivity index (χ0n) is 13.3. The quantitative estimate of drug-likeness (QED) is 0.894. The molecule has 1 aliphatic heterocycles. The second-order valence-electron chi connectivity index (χ2n) is 7.02. The number of hydrogen-bond donors (Lipinski definition) is 1. The van der Waals surface area contributed by atoms with Gasteiger partial charge in [0.2, 0.25) is 17.7 Å². The highest BCUT2D eigenvalue weighted by atomic mass is 16.5. The topological polar surface area (TPSA) is 88.3 Å². The fraction of sp³-hybridized carbons (Fsp3) is 0.750. The van der Waals surface area contributed by atoms with Crippen molar-refractivity contribution in [2.24, 2.45) is 11.8 Å². The molecule has 124 valence electrons. The van der Waals surface area contributed by atoms with Crippen LogP contribution >= 0.6 is 0 Å². The Hall–Kier alpha value is -1.92. The van der Waals surface area contributed by atoms with Gasteiger partial charge in [0, 0.05) is 24.9 Å². The molecule has 2 heterocycles. The van der Waals surface area contributed by atoms with E-state index >= 15 is 0 Å². The van der Waals surface area contributed by atoms with Crippen LogP contribution in [0.3, 0.4) is 0 Å². The van der Waals surface area contributed by atoms with Crippen LogP contribution in [0.1, 0.15) is 49.7 Å².